The highest BCUT2D eigenvalue weighted by Gasteiger charge is 2.29. The Hall–Kier alpha value is -4.99. The smallest absolute Gasteiger partial charge is 0.266 e. The number of amides is 1. The second-order valence-corrected chi connectivity index (χ2v) is 16.6. The number of benzene rings is 4. The second kappa shape index (κ2) is 15.5. The predicted molar refractivity (Wildman–Crippen MR) is 208 cm³/mol. The molecule has 6 aromatic rings. The molecule has 2 aromatic heterocycles. The van der Waals surface area contributed by atoms with Gasteiger partial charge in [-0.15, -0.1) is 0 Å². The Bertz CT molecular complexity index is 2620. The number of hydrogen-bond donors (Lipinski definition) is 1. The Labute approximate surface area is 330 Å². The van der Waals surface area contributed by atoms with Gasteiger partial charge in [0.15, 0.2) is 0 Å². The third kappa shape index (κ3) is 7.98. The maximum atomic E-state index is 14.6. The summed E-state index contributed by atoms with van der Waals surface area (Å²) in [5, 5.41) is 8.51. The van der Waals surface area contributed by atoms with Crippen molar-refractivity contribution in [2.24, 2.45) is 0 Å². The average molecular weight is 820 g/mol. The van der Waals surface area contributed by atoms with Gasteiger partial charge in [0.2, 0.25) is 15.9 Å². The van der Waals surface area contributed by atoms with Crippen LogP contribution in [0.5, 0.6) is 0 Å². The van der Waals surface area contributed by atoms with E-state index in [1.54, 1.807) is 42.6 Å². The molecule has 1 amide bonds. The summed E-state index contributed by atoms with van der Waals surface area (Å²) in [6, 6.07) is 19.6. The Balaban J connectivity index is 1.26. The molecule has 16 heteroatoms. The number of morpholine rings is 1. The van der Waals surface area contributed by atoms with Crippen molar-refractivity contribution in [2.45, 2.75) is 42.7 Å². The van der Waals surface area contributed by atoms with Crippen molar-refractivity contribution in [1.82, 2.24) is 29.0 Å². The van der Waals surface area contributed by atoms with Crippen LogP contribution in [0.2, 0.25) is 10.0 Å². The van der Waals surface area contributed by atoms with Gasteiger partial charge >= 0.3 is 0 Å². The molecule has 0 bridgehead atoms. The summed E-state index contributed by atoms with van der Waals surface area (Å²) in [6.07, 6.45) is 3.61. The highest BCUT2D eigenvalue weighted by atomic mass is 35.5. The molecular weight excluding hydrogens is 785 g/mol. The molecule has 288 valence electrons. The number of hydrogen-bond acceptors (Lipinski definition) is 7. The van der Waals surface area contributed by atoms with Gasteiger partial charge in [0.05, 0.1) is 46.4 Å². The third-order valence-corrected chi connectivity index (χ3v) is 12.3. The highest BCUT2D eigenvalue weighted by molar-refractivity contribution is 7.89. The lowest BCUT2D eigenvalue weighted by Crippen LogP contribution is -2.40. The van der Waals surface area contributed by atoms with E-state index in [-0.39, 0.29) is 72.1 Å². The Kier molecular flexibility index (Phi) is 10.5. The number of nitrogens with zero attached hydrogens (tertiary/aromatic N) is 5. The van der Waals surface area contributed by atoms with Crippen molar-refractivity contribution in [3.63, 3.8) is 0 Å². The van der Waals surface area contributed by atoms with Gasteiger partial charge in [-0.2, -0.15) is 9.40 Å². The summed E-state index contributed by atoms with van der Waals surface area (Å²) in [6.45, 7) is 0.776. The summed E-state index contributed by atoms with van der Waals surface area (Å²) < 4.78 is 65.5. The first-order valence-electron chi connectivity index (χ1n) is 17.9. The van der Waals surface area contributed by atoms with E-state index >= 15 is 0 Å². The summed E-state index contributed by atoms with van der Waals surface area (Å²) in [5.41, 5.74) is 2.31. The molecule has 2 aliphatic rings. The summed E-state index contributed by atoms with van der Waals surface area (Å²) in [7, 11) is -3.87. The van der Waals surface area contributed by atoms with Crippen LogP contribution in [0.1, 0.15) is 41.9 Å². The van der Waals surface area contributed by atoms with Crippen molar-refractivity contribution < 1.29 is 26.7 Å². The molecule has 1 N–H and O–H groups in total. The van der Waals surface area contributed by atoms with Crippen LogP contribution in [-0.4, -0.2) is 64.3 Å². The van der Waals surface area contributed by atoms with E-state index in [9.17, 15) is 26.8 Å². The van der Waals surface area contributed by atoms with Gasteiger partial charge in [0.25, 0.3) is 5.56 Å². The molecule has 1 aliphatic heterocycles. The average Bonchev–Trinajstić information content (AvgIpc) is 3.92. The van der Waals surface area contributed by atoms with Crippen molar-refractivity contribution in [3.05, 3.63) is 140 Å². The molecule has 0 unspecified atom stereocenters. The normalized spacial score (nSPS) is 15.6. The fourth-order valence-corrected chi connectivity index (χ4v) is 8.83. The molecule has 1 aliphatic carbocycles. The molecular formula is C40H34Cl2F2N6O5S. The third-order valence-electron chi connectivity index (χ3n) is 9.81. The van der Waals surface area contributed by atoms with Gasteiger partial charge in [0.1, 0.15) is 24.0 Å². The van der Waals surface area contributed by atoms with Crippen LogP contribution in [-0.2, 0) is 32.5 Å². The Morgan fingerprint density at radius 1 is 0.929 bits per heavy atom. The summed E-state index contributed by atoms with van der Waals surface area (Å²) in [4.78, 5) is 33.4. The van der Waals surface area contributed by atoms with Crippen molar-refractivity contribution in [1.29, 1.82) is 0 Å². The minimum absolute atomic E-state index is 0.0147. The van der Waals surface area contributed by atoms with E-state index in [0.29, 0.717) is 27.1 Å². The number of halogens is 4. The first-order valence-corrected chi connectivity index (χ1v) is 20.1. The fraction of sp³-hybridized carbons (Fsp3) is 0.250. The number of sulfonamides is 1. The zero-order valence-corrected chi connectivity index (χ0v) is 32.0. The van der Waals surface area contributed by atoms with E-state index in [4.69, 9.17) is 32.9 Å². The number of ether oxygens (including phenoxy) is 1. The highest BCUT2D eigenvalue weighted by Crippen LogP contribution is 2.39. The predicted octanol–water partition coefficient (Wildman–Crippen LogP) is 6.83. The first kappa shape index (κ1) is 37.9. The van der Waals surface area contributed by atoms with Crippen LogP contribution in [0, 0.1) is 11.6 Å². The lowest BCUT2D eigenvalue weighted by Gasteiger charge is -2.26. The number of rotatable bonds is 11. The molecule has 1 saturated heterocycles. The van der Waals surface area contributed by atoms with Crippen LogP contribution in [0.15, 0.2) is 101 Å². The molecule has 1 saturated carbocycles. The van der Waals surface area contributed by atoms with Crippen LogP contribution < -0.4 is 10.9 Å². The van der Waals surface area contributed by atoms with Gasteiger partial charge < -0.3 is 10.1 Å². The lowest BCUT2D eigenvalue weighted by molar-refractivity contribution is -0.122. The van der Waals surface area contributed by atoms with Gasteiger partial charge in [-0.25, -0.2) is 22.2 Å². The molecule has 2 fully saturated rings. The Morgan fingerprint density at radius 2 is 1.66 bits per heavy atom. The zero-order chi connectivity index (χ0) is 39.1. The summed E-state index contributed by atoms with van der Waals surface area (Å²) >= 11 is 12.7. The fourth-order valence-electron chi connectivity index (χ4n) is 6.90. The van der Waals surface area contributed by atoms with Crippen LogP contribution in [0.3, 0.4) is 0 Å². The van der Waals surface area contributed by atoms with Crippen molar-refractivity contribution in [3.8, 4) is 16.8 Å². The van der Waals surface area contributed by atoms with E-state index in [2.05, 4.69) is 10.4 Å². The number of carbonyl (C=O) groups excluding carboxylic acids is 1. The van der Waals surface area contributed by atoms with E-state index in [1.807, 2.05) is 6.07 Å². The molecule has 0 spiro atoms. The topological polar surface area (TPSA) is 128 Å². The van der Waals surface area contributed by atoms with Crippen LogP contribution in [0.25, 0.3) is 27.7 Å². The number of nitrogens with one attached hydrogen (secondary N) is 1. The lowest BCUT2D eigenvalue weighted by atomic mass is 10.0. The van der Waals surface area contributed by atoms with Gasteiger partial charge in [-0.05, 0) is 90.7 Å². The minimum Gasteiger partial charge on any atom is -0.379 e. The molecule has 0 radical (unpaired) electrons. The van der Waals surface area contributed by atoms with E-state index in [1.165, 1.54) is 37.8 Å². The maximum Gasteiger partial charge on any atom is 0.266 e. The van der Waals surface area contributed by atoms with Gasteiger partial charge in [-0.3, -0.25) is 18.8 Å². The van der Waals surface area contributed by atoms with Crippen molar-refractivity contribution >= 4 is 50.0 Å². The molecule has 8 rings (SSSR count). The zero-order valence-electron chi connectivity index (χ0n) is 29.7. The SMILES string of the molecule is O=C(Cn1ccc(C2CC2)n1)N[C@@H](Cc1cc(F)cc(F)c1)c1nc2cc(-c3ccc(Cl)cc3Cl)ccc2c(=O)n1-c1ccc(S(=O)(=O)N2CCOCC2)cc1. The monoisotopic (exact) mass is 818 g/mol. The maximum absolute atomic E-state index is 14.6. The standard InChI is InChI=1S/C40H34Cl2F2N6O5S/c41-27-4-10-32(34(42)21-27)26-3-9-33-36(20-26)46-39(50(40(33)52)30-5-7-31(8-6-30)56(53,54)49-13-15-55-16-14-49)37(19-24-17-28(43)22-29(44)18-24)45-38(51)23-48-12-11-35(47-48)25-1-2-25/h3-12,17-18,20-22,25,37H,1-2,13-16,19,23H2,(H,45,51)/t37-/m0/s1. The summed E-state index contributed by atoms with van der Waals surface area (Å²) in [5.74, 6) is -1.73. The minimum atomic E-state index is -3.87. The molecule has 11 nitrogen and oxygen atoms in total. The van der Waals surface area contributed by atoms with Crippen LogP contribution in [0.4, 0.5) is 8.78 Å². The van der Waals surface area contributed by atoms with E-state index in [0.717, 1.165) is 36.7 Å². The van der Waals surface area contributed by atoms with Gasteiger partial charge in [-0.1, -0.05) is 35.3 Å². The molecule has 3 heterocycles. The number of carbonyl (C=O) groups is 1. The van der Waals surface area contributed by atoms with Crippen molar-refractivity contribution in [2.75, 3.05) is 26.3 Å². The number of aromatic nitrogens is 4. The van der Waals surface area contributed by atoms with Crippen LogP contribution >= 0.6 is 23.2 Å². The largest absolute Gasteiger partial charge is 0.379 e. The molecule has 4 aromatic carbocycles. The molecule has 56 heavy (non-hydrogen) atoms. The van der Waals surface area contributed by atoms with Gasteiger partial charge in [0, 0.05) is 53.3 Å². The molecule has 1 atom stereocenters. The quantitative estimate of drug-likeness (QED) is 0.152. The first-order chi connectivity index (χ1) is 26.9. The van der Waals surface area contributed by atoms with E-state index < -0.39 is 39.2 Å². The second-order valence-electron chi connectivity index (χ2n) is 13.8. The number of fused-ring (bicyclic) bond motifs is 1. The Morgan fingerprint density at radius 3 is 2.36 bits per heavy atom.